The first-order valence-electron chi connectivity index (χ1n) is 10.7. The van der Waals surface area contributed by atoms with Crippen LogP contribution in [0.3, 0.4) is 0 Å². The van der Waals surface area contributed by atoms with Gasteiger partial charge in [0.2, 0.25) is 0 Å². The number of alkyl halides is 3. The molecule has 0 saturated carbocycles. The highest BCUT2D eigenvalue weighted by Gasteiger charge is 2.47. The predicted octanol–water partition coefficient (Wildman–Crippen LogP) is 7.66. The molecule has 0 aliphatic rings. The fourth-order valence-electron chi connectivity index (χ4n) is 3.65. The van der Waals surface area contributed by atoms with E-state index in [1.165, 1.54) is 6.20 Å². The maximum atomic E-state index is 14.2. The summed E-state index contributed by atoms with van der Waals surface area (Å²) in [6, 6.07) is 10.7. The van der Waals surface area contributed by atoms with Gasteiger partial charge in [-0.25, -0.2) is 0 Å². The summed E-state index contributed by atoms with van der Waals surface area (Å²) in [5.41, 5.74) is 2.20. The van der Waals surface area contributed by atoms with Crippen molar-refractivity contribution >= 4 is 33.9 Å². The zero-order valence-corrected chi connectivity index (χ0v) is 21.3. The van der Waals surface area contributed by atoms with Gasteiger partial charge in [-0.3, -0.25) is 0 Å². The van der Waals surface area contributed by atoms with Crippen LogP contribution in [-0.2, 0) is 17.9 Å². The lowest BCUT2D eigenvalue weighted by Crippen LogP contribution is -2.45. The van der Waals surface area contributed by atoms with Crippen molar-refractivity contribution in [2.75, 3.05) is 0 Å². The molecule has 0 fully saturated rings. The third-order valence-electron chi connectivity index (χ3n) is 5.16. The van der Waals surface area contributed by atoms with Crippen LogP contribution in [0, 0.1) is 5.41 Å². The van der Waals surface area contributed by atoms with Gasteiger partial charge in [-0.05, 0) is 43.9 Å². The third-order valence-corrected chi connectivity index (χ3v) is 7.05. The first kappa shape index (κ1) is 25.9. The summed E-state index contributed by atoms with van der Waals surface area (Å²) in [5, 5.41) is 1.04. The molecule has 0 amide bonds. The highest BCUT2D eigenvalue weighted by Crippen LogP contribution is 2.41. The van der Waals surface area contributed by atoms with Gasteiger partial charge in [-0.15, -0.1) is 4.72 Å². The number of nitrogens with one attached hydrogen (secondary N) is 1. The Labute approximate surface area is 201 Å². The molecule has 0 bridgehead atoms. The molecule has 1 heterocycles. The van der Waals surface area contributed by atoms with Crippen molar-refractivity contribution in [2.24, 2.45) is 5.41 Å². The van der Waals surface area contributed by atoms with E-state index in [1.54, 1.807) is 39.0 Å². The molecule has 0 saturated heterocycles. The monoisotopic (exact) mass is 498 g/mol. The zero-order chi connectivity index (χ0) is 24.8. The van der Waals surface area contributed by atoms with Crippen LogP contribution in [0.4, 0.5) is 13.2 Å². The van der Waals surface area contributed by atoms with Gasteiger partial charge in [0.25, 0.3) is 0 Å². The van der Waals surface area contributed by atoms with Gasteiger partial charge in [-0.1, -0.05) is 62.7 Å². The van der Waals surface area contributed by atoms with Crippen LogP contribution in [0.5, 0.6) is 0 Å². The van der Waals surface area contributed by atoms with Crippen LogP contribution in [-0.4, -0.2) is 20.0 Å². The number of halogens is 4. The molecule has 2 atom stereocenters. The summed E-state index contributed by atoms with van der Waals surface area (Å²) in [6.45, 7) is 11.5. The lowest BCUT2D eigenvalue weighted by molar-refractivity contribution is -0.152. The maximum absolute atomic E-state index is 14.2. The van der Waals surface area contributed by atoms with E-state index in [9.17, 15) is 17.7 Å². The highest BCUT2D eigenvalue weighted by molar-refractivity contribution is 7.90. The SMILES string of the molecule is CC(C)(C)Cn1cc([C@H](N[S+]([O-])C(C)(C)C)C(F)(F)F)c2ccc(-c3ccccc3Cl)cc21. The van der Waals surface area contributed by atoms with E-state index in [-0.39, 0.29) is 11.0 Å². The van der Waals surface area contributed by atoms with Gasteiger partial charge >= 0.3 is 6.18 Å². The molecular formula is C25H30ClF3N2OS. The molecule has 1 aromatic heterocycles. The third kappa shape index (κ3) is 6.07. The summed E-state index contributed by atoms with van der Waals surface area (Å²) >= 11 is 4.47. The topological polar surface area (TPSA) is 40.0 Å². The molecule has 3 rings (SSSR count). The van der Waals surface area contributed by atoms with E-state index >= 15 is 0 Å². The largest absolute Gasteiger partial charge is 0.598 e. The number of rotatable bonds is 5. The lowest BCUT2D eigenvalue weighted by Gasteiger charge is -2.29. The Morgan fingerprint density at radius 1 is 1.03 bits per heavy atom. The van der Waals surface area contributed by atoms with Crippen molar-refractivity contribution in [3.05, 3.63) is 59.2 Å². The number of fused-ring (bicyclic) bond motifs is 1. The van der Waals surface area contributed by atoms with E-state index in [0.29, 0.717) is 22.5 Å². The summed E-state index contributed by atoms with van der Waals surface area (Å²) in [7, 11) is 0. The van der Waals surface area contributed by atoms with Gasteiger partial charge in [0.05, 0.1) is 0 Å². The second-order valence-corrected chi connectivity index (χ2v) is 12.9. The summed E-state index contributed by atoms with van der Waals surface area (Å²) < 4.78 is 58.6. The Morgan fingerprint density at radius 2 is 1.67 bits per heavy atom. The van der Waals surface area contributed by atoms with Gasteiger partial charge in [0.15, 0.2) is 6.04 Å². The highest BCUT2D eigenvalue weighted by atomic mass is 35.5. The average molecular weight is 499 g/mol. The standard InChI is InChI=1S/C25H30ClF3N2OS/c1-23(2,3)15-31-14-19(22(25(27,28)29)30-33(32)24(4,5)6)18-12-11-16(13-21(18)31)17-9-7-8-10-20(17)26/h7-14,22,30H,15H2,1-6H3/t22-,33?/m0/s1. The molecule has 33 heavy (non-hydrogen) atoms. The smallest absolute Gasteiger partial charge is 0.412 e. The Hall–Kier alpha value is -1.67. The average Bonchev–Trinajstić information content (AvgIpc) is 3.00. The Bertz CT molecular complexity index is 1130. The number of hydrogen-bond donors (Lipinski definition) is 1. The maximum Gasteiger partial charge on any atom is 0.412 e. The summed E-state index contributed by atoms with van der Waals surface area (Å²) in [6.07, 6.45) is -3.08. The lowest BCUT2D eigenvalue weighted by atomic mass is 9.96. The summed E-state index contributed by atoms with van der Waals surface area (Å²) in [4.78, 5) is 0. The quantitative estimate of drug-likeness (QED) is 0.367. The minimum atomic E-state index is -4.62. The molecule has 1 N–H and O–H groups in total. The van der Waals surface area contributed by atoms with Crippen molar-refractivity contribution in [1.29, 1.82) is 0 Å². The molecular weight excluding hydrogens is 469 g/mol. The van der Waals surface area contributed by atoms with E-state index in [2.05, 4.69) is 4.72 Å². The van der Waals surface area contributed by atoms with Crippen molar-refractivity contribution in [2.45, 2.75) is 65.1 Å². The van der Waals surface area contributed by atoms with Crippen LogP contribution in [0.1, 0.15) is 53.1 Å². The Morgan fingerprint density at radius 3 is 2.21 bits per heavy atom. The molecule has 3 nitrogen and oxygen atoms in total. The Balaban J connectivity index is 2.21. The molecule has 1 unspecified atom stereocenters. The first-order chi connectivity index (χ1) is 15.1. The number of aromatic nitrogens is 1. The number of nitrogens with zero attached hydrogens (tertiary/aromatic N) is 1. The van der Waals surface area contributed by atoms with Crippen molar-refractivity contribution in [1.82, 2.24) is 9.29 Å². The summed E-state index contributed by atoms with van der Waals surface area (Å²) in [5.74, 6) is 0. The van der Waals surface area contributed by atoms with Crippen LogP contribution < -0.4 is 4.72 Å². The number of hydrogen-bond acceptors (Lipinski definition) is 2. The van der Waals surface area contributed by atoms with Crippen molar-refractivity contribution < 1.29 is 17.7 Å². The van der Waals surface area contributed by atoms with Gasteiger partial charge < -0.3 is 9.12 Å². The zero-order valence-electron chi connectivity index (χ0n) is 19.7. The van der Waals surface area contributed by atoms with Crippen LogP contribution in [0.15, 0.2) is 48.7 Å². The van der Waals surface area contributed by atoms with Gasteiger partial charge in [0.1, 0.15) is 4.75 Å². The van der Waals surface area contributed by atoms with E-state index in [4.69, 9.17) is 11.6 Å². The van der Waals surface area contributed by atoms with Gasteiger partial charge in [-0.2, -0.15) is 13.2 Å². The van der Waals surface area contributed by atoms with Crippen molar-refractivity contribution in [3.8, 4) is 11.1 Å². The predicted molar refractivity (Wildman–Crippen MR) is 132 cm³/mol. The minimum absolute atomic E-state index is 0.0602. The fourth-order valence-corrected chi connectivity index (χ4v) is 4.72. The Kier molecular flexibility index (Phi) is 7.21. The molecule has 8 heteroatoms. The molecule has 2 aromatic carbocycles. The molecule has 0 spiro atoms. The van der Waals surface area contributed by atoms with Crippen LogP contribution in [0.2, 0.25) is 5.02 Å². The first-order valence-corrected chi connectivity index (χ1v) is 12.2. The fraction of sp³-hybridized carbons (Fsp3) is 0.440. The molecule has 3 aromatic rings. The van der Waals surface area contributed by atoms with Gasteiger partial charge in [0, 0.05) is 51.2 Å². The van der Waals surface area contributed by atoms with Crippen molar-refractivity contribution in [3.63, 3.8) is 0 Å². The molecule has 0 radical (unpaired) electrons. The second kappa shape index (κ2) is 9.17. The van der Waals surface area contributed by atoms with Crippen LogP contribution in [0.25, 0.3) is 22.0 Å². The number of benzene rings is 2. The van der Waals surface area contributed by atoms with E-state index in [1.807, 2.05) is 49.6 Å². The van der Waals surface area contributed by atoms with E-state index < -0.39 is 28.3 Å². The molecule has 0 aliphatic carbocycles. The molecule has 180 valence electrons. The second-order valence-electron chi connectivity index (χ2n) is 10.5. The van der Waals surface area contributed by atoms with E-state index in [0.717, 1.165) is 11.1 Å². The van der Waals surface area contributed by atoms with Crippen LogP contribution >= 0.6 is 11.6 Å². The molecule has 0 aliphatic heterocycles. The minimum Gasteiger partial charge on any atom is -0.598 e. The normalized spacial score (nSPS) is 15.1.